The Morgan fingerprint density at radius 2 is 1.85 bits per heavy atom. The molecule has 2 bridgehead atoms. The lowest BCUT2D eigenvalue weighted by atomic mass is 10.1. The van der Waals surface area contributed by atoms with E-state index < -0.39 is 6.04 Å². The van der Waals surface area contributed by atoms with Gasteiger partial charge in [0.15, 0.2) is 0 Å². The van der Waals surface area contributed by atoms with Crippen LogP contribution in [0.5, 0.6) is 0 Å². The molecule has 2 aromatic rings. The minimum Gasteiger partial charge on any atom is -0.361 e. The summed E-state index contributed by atoms with van der Waals surface area (Å²) in [6.07, 6.45) is 6.42. The van der Waals surface area contributed by atoms with Gasteiger partial charge in [-0.3, -0.25) is 24.2 Å². The van der Waals surface area contributed by atoms with Crippen LogP contribution in [0.25, 0.3) is 0 Å². The Bertz CT molecular complexity index is 1210. The summed E-state index contributed by atoms with van der Waals surface area (Å²) in [4.78, 5) is 63.2. The third kappa shape index (κ3) is 7.51. The van der Waals surface area contributed by atoms with E-state index in [2.05, 4.69) is 15.5 Å². The highest BCUT2D eigenvalue weighted by atomic mass is 16.5. The van der Waals surface area contributed by atoms with Gasteiger partial charge in [0, 0.05) is 51.5 Å². The van der Waals surface area contributed by atoms with Gasteiger partial charge in [-0.05, 0) is 57.1 Å². The molecule has 0 saturated carbocycles. The molecule has 0 spiro atoms. The number of pyridine rings is 1. The fourth-order valence-electron chi connectivity index (χ4n) is 5.76. The molecule has 222 valence electrons. The molecule has 2 atom stereocenters. The van der Waals surface area contributed by atoms with Crippen molar-refractivity contribution in [3.8, 4) is 0 Å². The van der Waals surface area contributed by atoms with Crippen LogP contribution in [-0.4, -0.2) is 93.3 Å². The highest BCUT2D eigenvalue weighted by Gasteiger charge is 2.44. The summed E-state index contributed by atoms with van der Waals surface area (Å²) in [5.74, 6) is 0.0445. The van der Waals surface area contributed by atoms with E-state index in [9.17, 15) is 19.2 Å². The SMILES string of the molecule is Cc1noc(C)c1C(=O)N1C[C@@H]2C[C@H]1C(=O)NCCCCN(C(=O)Cc1cccnc1)CCCN2C(=O)CC(C)C. The fraction of sp³-hybridized carbons (Fsp3) is 0.600. The third-order valence-corrected chi connectivity index (χ3v) is 7.85. The van der Waals surface area contributed by atoms with Crippen molar-refractivity contribution in [2.24, 2.45) is 5.92 Å². The quantitative estimate of drug-likeness (QED) is 0.589. The first-order valence-corrected chi connectivity index (χ1v) is 14.6. The van der Waals surface area contributed by atoms with Crippen molar-refractivity contribution in [1.82, 2.24) is 30.2 Å². The molecule has 2 fully saturated rings. The minimum atomic E-state index is -0.698. The molecular formula is C30H42N6O5. The van der Waals surface area contributed by atoms with E-state index in [0.29, 0.717) is 68.9 Å². The zero-order valence-corrected chi connectivity index (χ0v) is 24.6. The summed E-state index contributed by atoms with van der Waals surface area (Å²) in [7, 11) is 0. The Morgan fingerprint density at radius 3 is 2.54 bits per heavy atom. The lowest BCUT2D eigenvalue weighted by molar-refractivity contribution is -0.134. The topological polar surface area (TPSA) is 129 Å². The monoisotopic (exact) mass is 566 g/mol. The second kappa shape index (κ2) is 13.7. The Kier molecular flexibility index (Phi) is 10.1. The van der Waals surface area contributed by atoms with E-state index in [1.807, 2.05) is 35.8 Å². The molecule has 4 heterocycles. The molecule has 2 aliphatic rings. The first-order valence-electron chi connectivity index (χ1n) is 14.6. The van der Waals surface area contributed by atoms with Gasteiger partial charge in [0.05, 0.1) is 18.2 Å². The van der Waals surface area contributed by atoms with Crippen molar-refractivity contribution in [2.45, 2.75) is 78.3 Å². The van der Waals surface area contributed by atoms with Crippen molar-refractivity contribution in [3.05, 3.63) is 47.1 Å². The highest BCUT2D eigenvalue weighted by molar-refractivity contribution is 5.99. The molecule has 11 heteroatoms. The molecule has 1 N–H and O–H groups in total. The number of nitrogens with one attached hydrogen (secondary N) is 1. The summed E-state index contributed by atoms with van der Waals surface area (Å²) < 4.78 is 5.24. The standard InChI is InChI=1S/C30H42N6O5/c1-20(2)15-27(38)35-14-8-13-34(26(37)16-23-9-7-10-31-18-23)12-6-5-11-32-29(39)25-17-24(35)19-36(25)30(40)28-21(3)33-41-22(28)4/h7,9-10,18,20,24-25H,5-6,8,11-17,19H2,1-4H3,(H,32,39)/t24-,25-/m0/s1. The van der Waals surface area contributed by atoms with Crippen molar-refractivity contribution < 1.29 is 23.7 Å². The second-order valence-corrected chi connectivity index (χ2v) is 11.5. The Labute approximate surface area is 241 Å². The Hall–Kier alpha value is -3.76. The Morgan fingerprint density at radius 1 is 1.07 bits per heavy atom. The van der Waals surface area contributed by atoms with Gasteiger partial charge in [-0.1, -0.05) is 25.1 Å². The van der Waals surface area contributed by atoms with Crippen LogP contribution in [0, 0.1) is 19.8 Å². The molecule has 4 amide bonds. The van der Waals surface area contributed by atoms with E-state index >= 15 is 0 Å². The largest absolute Gasteiger partial charge is 0.361 e. The van der Waals surface area contributed by atoms with Crippen LogP contribution in [-0.2, 0) is 20.8 Å². The summed E-state index contributed by atoms with van der Waals surface area (Å²) in [6.45, 7) is 9.61. The van der Waals surface area contributed by atoms with Gasteiger partial charge < -0.3 is 24.5 Å². The molecule has 2 aromatic heterocycles. The lowest BCUT2D eigenvalue weighted by Crippen LogP contribution is -2.46. The molecule has 2 aliphatic heterocycles. The first-order chi connectivity index (χ1) is 19.7. The maximum absolute atomic E-state index is 13.7. The maximum atomic E-state index is 13.7. The number of hydrogen-bond donors (Lipinski definition) is 1. The predicted octanol–water partition coefficient (Wildman–Crippen LogP) is 2.52. The molecule has 0 radical (unpaired) electrons. The van der Waals surface area contributed by atoms with Gasteiger partial charge in [-0.25, -0.2) is 0 Å². The second-order valence-electron chi connectivity index (χ2n) is 11.5. The lowest BCUT2D eigenvalue weighted by Gasteiger charge is -2.31. The molecular weight excluding hydrogens is 524 g/mol. The molecule has 0 aromatic carbocycles. The van der Waals surface area contributed by atoms with Crippen LogP contribution in [0.2, 0.25) is 0 Å². The number of carbonyl (C=O) groups excluding carboxylic acids is 4. The van der Waals surface area contributed by atoms with Crippen LogP contribution in [0.4, 0.5) is 0 Å². The van der Waals surface area contributed by atoms with Crippen LogP contribution >= 0.6 is 0 Å². The summed E-state index contributed by atoms with van der Waals surface area (Å²) >= 11 is 0. The van der Waals surface area contributed by atoms with Gasteiger partial charge in [0.2, 0.25) is 17.7 Å². The summed E-state index contributed by atoms with van der Waals surface area (Å²) in [5, 5.41) is 6.92. The van der Waals surface area contributed by atoms with Crippen molar-refractivity contribution in [1.29, 1.82) is 0 Å². The molecule has 41 heavy (non-hydrogen) atoms. The molecule has 0 unspecified atom stereocenters. The van der Waals surface area contributed by atoms with Crippen molar-refractivity contribution >= 4 is 23.6 Å². The maximum Gasteiger partial charge on any atom is 0.260 e. The van der Waals surface area contributed by atoms with Crippen LogP contribution in [0.3, 0.4) is 0 Å². The number of aromatic nitrogens is 2. The van der Waals surface area contributed by atoms with E-state index in [1.54, 1.807) is 31.1 Å². The number of amides is 4. The zero-order chi connectivity index (χ0) is 29.5. The normalized spacial score (nSPS) is 20.6. The number of likely N-dealkylation sites (tertiary alicyclic amines) is 1. The number of nitrogens with zero attached hydrogens (tertiary/aromatic N) is 5. The fourth-order valence-corrected chi connectivity index (χ4v) is 5.76. The number of hydrogen-bond acceptors (Lipinski definition) is 7. The smallest absolute Gasteiger partial charge is 0.260 e. The first kappa shape index (κ1) is 30.2. The van der Waals surface area contributed by atoms with Gasteiger partial charge in [-0.2, -0.15) is 0 Å². The molecule has 4 rings (SSSR count). The van der Waals surface area contributed by atoms with E-state index in [0.717, 1.165) is 12.0 Å². The van der Waals surface area contributed by atoms with Crippen LogP contribution in [0.15, 0.2) is 29.0 Å². The number of fused-ring (bicyclic) bond motifs is 2. The number of rotatable bonds is 5. The van der Waals surface area contributed by atoms with Gasteiger partial charge >= 0.3 is 0 Å². The molecule has 2 saturated heterocycles. The number of carbonyl (C=O) groups is 4. The highest BCUT2D eigenvalue weighted by Crippen LogP contribution is 2.28. The zero-order valence-electron chi connectivity index (χ0n) is 24.6. The van der Waals surface area contributed by atoms with E-state index in [1.165, 1.54) is 0 Å². The summed E-state index contributed by atoms with van der Waals surface area (Å²) in [5.41, 5.74) is 1.70. The average molecular weight is 567 g/mol. The third-order valence-electron chi connectivity index (χ3n) is 7.85. The Balaban J connectivity index is 1.56. The predicted molar refractivity (Wildman–Crippen MR) is 152 cm³/mol. The van der Waals surface area contributed by atoms with Crippen LogP contribution in [0.1, 0.15) is 73.3 Å². The van der Waals surface area contributed by atoms with Gasteiger partial charge in [-0.15, -0.1) is 0 Å². The number of aryl methyl sites for hydroxylation is 2. The van der Waals surface area contributed by atoms with Crippen molar-refractivity contribution in [2.75, 3.05) is 32.7 Å². The van der Waals surface area contributed by atoms with Gasteiger partial charge in [0.25, 0.3) is 5.91 Å². The average Bonchev–Trinajstić information content (AvgIpc) is 3.52. The minimum absolute atomic E-state index is 0.00359. The van der Waals surface area contributed by atoms with E-state index in [4.69, 9.17) is 4.52 Å². The molecule has 11 nitrogen and oxygen atoms in total. The van der Waals surface area contributed by atoms with Crippen LogP contribution < -0.4 is 5.32 Å². The van der Waals surface area contributed by atoms with E-state index in [-0.39, 0.29) is 48.6 Å². The molecule has 0 aliphatic carbocycles. The summed E-state index contributed by atoms with van der Waals surface area (Å²) in [6, 6.07) is 2.70. The van der Waals surface area contributed by atoms with Crippen molar-refractivity contribution in [3.63, 3.8) is 0 Å². The van der Waals surface area contributed by atoms with Gasteiger partial charge in [0.1, 0.15) is 17.4 Å².